The minimum Gasteiger partial charge on any atom is -0.481 e. The van der Waals surface area contributed by atoms with Crippen molar-refractivity contribution in [3.63, 3.8) is 0 Å². The fraction of sp³-hybridized carbons (Fsp3) is 0.324. The van der Waals surface area contributed by atoms with E-state index >= 15 is 0 Å². The number of benzene rings is 3. The fourth-order valence-electron chi connectivity index (χ4n) is 4.71. The van der Waals surface area contributed by atoms with Gasteiger partial charge in [-0.1, -0.05) is 85.7 Å². The molecule has 0 saturated heterocycles. The van der Waals surface area contributed by atoms with E-state index in [9.17, 15) is 4.79 Å². The topological polar surface area (TPSA) is 85.8 Å². The summed E-state index contributed by atoms with van der Waals surface area (Å²) in [6.07, 6.45) is 4.75. The van der Waals surface area contributed by atoms with Gasteiger partial charge in [-0.3, -0.25) is 9.89 Å². The van der Waals surface area contributed by atoms with E-state index < -0.39 is 5.41 Å². The molecule has 4 rings (SSSR count). The highest BCUT2D eigenvalue weighted by Gasteiger charge is 2.38. The zero-order chi connectivity index (χ0) is 29.2. The fourth-order valence-corrected chi connectivity index (χ4v) is 4.71. The number of nitrogens with zero attached hydrogens (tertiary/aromatic N) is 2. The van der Waals surface area contributed by atoms with E-state index in [0.29, 0.717) is 30.4 Å². The maximum Gasteiger partial charge on any atom is 0.317 e. The maximum atomic E-state index is 12.9. The second-order valence-electron chi connectivity index (χ2n) is 10.9. The Morgan fingerprint density at radius 1 is 0.927 bits per heavy atom. The first-order chi connectivity index (χ1) is 19.8. The summed E-state index contributed by atoms with van der Waals surface area (Å²) in [5, 5.41) is 11.3. The number of hydrogen-bond acceptors (Lipinski definition) is 6. The highest BCUT2D eigenvalue weighted by molar-refractivity contribution is 6.05. The molecule has 0 saturated carbocycles. The molecule has 3 aromatic carbocycles. The zero-order valence-corrected chi connectivity index (χ0v) is 24.5. The number of methoxy groups -OCH3 is 1. The normalized spacial score (nSPS) is 13.9. The van der Waals surface area contributed by atoms with Gasteiger partial charge < -0.3 is 14.3 Å². The molecule has 4 aromatic rings. The molecular formula is C34H39N3O4. The summed E-state index contributed by atoms with van der Waals surface area (Å²) in [4.78, 5) is 18.5. The predicted molar refractivity (Wildman–Crippen MR) is 161 cm³/mol. The summed E-state index contributed by atoms with van der Waals surface area (Å²) in [6, 6.07) is 26.1. The van der Waals surface area contributed by atoms with Gasteiger partial charge in [-0.25, -0.2) is 0 Å². The Labute approximate surface area is 242 Å². The highest BCUT2D eigenvalue weighted by Crippen LogP contribution is 2.31. The largest absolute Gasteiger partial charge is 0.481 e. The van der Waals surface area contributed by atoms with Crippen molar-refractivity contribution in [2.75, 3.05) is 7.11 Å². The van der Waals surface area contributed by atoms with Gasteiger partial charge >= 0.3 is 5.97 Å². The van der Waals surface area contributed by atoms with Gasteiger partial charge in [0.05, 0.1) is 19.0 Å². The van der Waals surface area contributed by atoms with Gasteiger partial charge in [0.1, 0.15) is 17.8 Å². The number of carbonyl (C=O) groups is 1. The van der Waals surface area contributed by atoms with Crippen molar-refractivity contribution in [3.05, 3.63) is 119 Å². The lowest BCUT2D eigenvalue weighted by molar-refractivity contribution is -0.147. The van der Waals surface area contributed by atoms with Crippen molar-refractivity contribution in [2.24, 2.45) is 16.5 Å². The van der Waals surface area contributed by atoms with Crippen LogP contribution >= 0.6 is 0 Å². The SMILES string of the molecule is COC(=O)C(C)(Cc1ccc(OC(c2ccc(CC(C)C)cc2)c2cn[nH]c2)cc1)C(C)=NOCc1ccccc1. The number of nitrogens with one attached hydrogen (secondary N) is 1. The van der Waals surface area contributed by atoms with Gasteiger partial charge in [-0.05, 0) is 67.0 Å². The molecule has 7 heteroatoms. The van der Waals surface area contributed by atoms with E-state index in [1.807, 2.05) is 67.7 Å². The summed E-state index contributed by atoms with van der Waals surface area (Å²) in [5.41, 5.74) is 4.78. The van der Waals surface area contributed by atoms with Gasteiger partial charge in [0.25, 0.3) is 0 Å². The number of aromatic nitrogens is 2. The molecule has 0 spiro atoms. The number of esters is 1. The average molecular weight is 554 g/mol. The Kier molecular flexibility index (Phi) is 9.95. The molecule has 1 heterocycles. The first-order valence-electron chi connectivity index (χ1n) is 13.9. The van der Waals surface area contributed by atoms with Crippen LogP contribution in [0.15, 0.2) is 96.4 Å². The highest BCUT2D eigenvalue weighted by atomic mass is 16.6. The van der Waals surface area contributed by atoms with Crippen LogP contribution in [-0.4, -0.2) is 29.0 Å². The molecule has 0 radical (unpaired) electrons. The Bertz CT molecular complexity index is 1400. The molecule has 0 aliphatic carbocycles. The van der Waals surface area contributed by atoms with Gasteiger partial charge in [0, 0.05) is 11.8 Å². The maximum absolute atomic E-state index is 12.9. The zero-order valence-electron chi connectivity index (χ0n) is 24.5. The van der Waals surface area contributed by atoms with E-state index in [-0.39, 0.29) is 12.1 Å². The van der Waals surface area contributed by atoms with Gasteiger partial charge in [-0.15, -0.1) is 0 Å². The Hall–Kier alpha value is -4.39. The molecule has 0 aliphatic heterocycles. The molecule has 2 unspecified atom stereocenters. The van der Waals surface area contributed by atoms with Crippen LogP contribution in [0.25, 0.3) is 0 Å². The number of hydrogen-bond donors (Lipinski definition) is 1. The van der Waals surface area contributed by atoms with Crippen LogP contribution in [0.2, 0.25) is 0 Å². The molecule has 0 bridgehead atoms. The number of carbonyl (C=O) groups excluding carboxylic acids is 1. The summed E-state index contributed by atoms with van der Waals surface area (Å²) < 4.78 is 11.6. The number of oxime groups is 1. The van der Waals surface area contributed by atoms with Crippen LogP contribution in [0.1, 0.15) is 61.6 Å². The van der Waals surface area contributed by atoms with Crippen LogP contribution < -0.4 is 4.74 Å². The van der Waals surface area contributed by atoms with Crippen LogP contribution in [0.3, 0.4) is 0 Å². The number of rotatable bonds is 13. The lowest BCUT2D eigenvalue weighted by Crippen LogP contribution is -2.38. The van der Waals surface area contributed by atoms with Crippen molar-refractivity contribution in [2.45, 2.75) is 53.2 Å². The van der Waals surface area contributed by atoms with E-state index in [1.54, 1.807) is 13.1 Å². The van der Waals surface area contributed by atoms with Crippen molar-refractivity contribution in [3.8, 4) is 5.75 Å². The quantitative estimate of drug-likeness (QED) is 0.109. The summed E-state index contributed by atoms with van der Waals surface area (Å²) in [7, 11) is 1.39. The molecule has 0 amide bonds. The second-order valence-corrected chi connectivity index (χ2v) is 10.9. The molecule has 41 heavy (non-hydrogen) atoms. The second kappa shape index (κ2) is 13.8. The van der Waals surface area contributed by atoms with Gasteiger partial charge in [0.15, 0.2) is 6.10 Å². The lowest BCUT2D eigenvalue weighted by Gasteiger charge is -2.26. The molecule has 0 aliphatic rings. The first-order valence-corrected chi connectivity index (χ1v) is 13.9. The van der Waals surface area contributed by atoms with Crippen LogP contribution in [0.5, 0.6) is 5.75 Å². The smallest absolute Gasteiger partial charge is 0.317 e. The average Bonchev–Trinajstić information content (AvgIpc) is 3.52. The standard InChI is InChI=1S/C34H39N3O4/c1-24(2)19-26-11-15-29(16-12-26)32(30-21-35-36-22-30)41-31-17-13-27(14-18-31)20-34(4,33(38)39-5)25(3)37-40-23-28-9-7-6-8-10-28/h6-18,21-22,24,32H,19-20,23H2,1-5H3,(H,35,36). The third-order valence-corrected chi connectivity index (χ3v) is 7.19. The van der Waals surface area contributed by atoms with Crippen LogP contribution in [-0.2, 0) is 33.8 Å². The van der Waals surface area contributed by atoms with Gasteiger partial charge in [-0.2, -0.15) is 5.10 Å². The number of ether oxygens (including phenoxy) is 2. The van der Waals surface area contributed by atoms with E-state index in [1.165, 1.54) is 12.7 Å². The third-order valence-electron chi connectivity index (χ3n) is 7.19. The van der Waals surface area contributed by atoms with E-state index in [4.69, 9.17) is 14.3 Å². The van der Waals surface area contributed by atoms with Crippen LogP contribution in [0.4, 0.5) is 0 Å². The van der Waals surface area contributed by atoms with E-state index in [2.05, 4.69) is 53.5 Å². The minimum atomic E-state index is -0.995. The molecule has 1 aromatic heterocycles. The minimum absolute atomic E-state index is 0.316. The Balaban J connectivity index is 1.48. The van der Waals surface area contributed by atoms with Gasteiger partial charge in [0.2, 0.25) is 0 Å². The summed E-state index contributed by atoms with van der Waals surface area (Å²) >= 11 is 0. The number of H-pyrrole nitrogens is 1. The van der Waals surface area contributed by atoms with Crippen LogP contribution in [0, 0.1) is 11.3 Å². The van der Waals surface area contributed by atoms with Crippen molar-refractivity contribution in [1.29, 1.82) is 0 Å². The first kappa shape index (κ1) is 29.6. The molecule has 1 N–H and O–H groups in total. The molecule has 2 atom stereocenters. The Morgan fingerprint density at radius 2 is 1.61 bits per heavy atom. The molecular weight excluding hydrogens is 514 g/mol. The Morgan fingerprint density at radius 3 is 2.22 bits per heavy atom. The number of aromatic amines is 1. The van der Waals surface area contributed by atoms with Crippen molar-refractivity contribution in [1.82, 2.24) is 10.2 Å². The summed E-state index contributed by atoms with van der Waals surface area (Å²) in [6.45, 7) is 8.38. The monoisotopic (exact) mass is 553 g/mol. The third kappa shape index (κ3) is 7.84. The van der Waals surface area contributed by atoms with E-state index in [0.717, 1.165) is 28.7 Å². The van der Waals surface area contributed by atoms with Crippen molar-refractivity contribution < 1.29 is 19.1 Å². The molecule has 214 valence electrons. The lowest BCUT2D eigenvalue weighted by atomic mass is 9.79. The van der Waals surface area contributed by atoms with Crippen molar-refractivity contribution >= 4 is 11.7 Å². The predicted octanol–water partition coefficient (Wildman–Crippen LogP) is 7.09. The molecule has 0 fully saturated rings. The molecule has 7 nitrogen and oxygen atoms in total. The summed E-state index contributed by atoms with van der Waals surface area (Å²) in [5.74, 6) is 0.934.